The molecule has 5 rings (SSSR count). The fourth-order valence-electron chi connectivity index (χ4n) is 5.75. The van der Waals surface area contributed by atoms with Crippen LogP contribution in [0.25, 0.3) is 32.9 Å². The topological polar surface area (TPSA) is 36.2 Å². The monoisotopic (exact) mass is 506 g/mol. The minimum Gasteiger partial charge on any atom is -0.420 e. The number of carbonyl (C=O) groups is 1. The Morgan fingerprint density at radius 2 is 1.37 bits per heavy atom. The highest BCUT2D eigenvalue weighted by atomic mass is 16.5. The summed E-state index contributed by atoms with van der Waals surface area (Å²) in [6.45, 7) is 7.42. The number of benzene rings is 3. The molecule has 5 aromatic rings. The maximum absolute atomic E-state index is 13.7. The molecule has 0 saturated heterocycles. The molecule has 0 saturated carbocycles. The van der Waals surface area contributed by atoms with E-state index in [4.69, 9.17) is 4.74 Å². The average Bonchev–Trinajstić information content (AvgIpc) is 3.36. The number of fused-ring (bicyclic) bond motifs is 2. The average molecular weight is 507 g/mol. The van der Waals surface area contributed by atoms with Crippen LogP contribution in [0, 0.1) is 13.8 Å². The fraction of sp³-hybridized carbons (Fsp3) is 0.324. The number of rotatable bonds is 10. The zero-order valence-electron chi connectivity index (χ0n) is 23.1. The van der Waals surface area contributed by atoms with Crippen LogP contribution >= 0.6 is 0 Å². The van der Waals surface area contributed by atoms with Gasteiger partial charge in [0.1, 0.15) is 0 Å². The molecule has 4 heteroatoms. The number of hydrogen-bond donors (Lipinski definition) is 0. The minimum absolute atomic E-state index is 0.327. The van der Waals surface area contributed by atoms with Crippen LogP contribution in [0.15, 0.2) is 72.8 Å². The third-order valence-electron chi connectivity index (χ3n) is 7.92. The lowest BCUT2D eigenvalue weighted by Crippen LogP contribution is -2.11. The van der Waals surface area contributed by atoms with Crippen molar-refractivity contribution >= 4 is 27.8 Å². The molecule has 0 amide bonds. The molecule has 0 N–H and O–H groups in total. The quantitative estimate of drug-likeness (QED) is 0.140. The lowest BCUT2D eigenvalue weighted by atomic mass is 9.97. The van der Waals surface area contributed by atoms with Crippen LogP contribution in [0.3, 0.4) is 0 Å². The molecular formula is C34H38N2O2. The Balaban J connectivity index is 1.50. The Kier molecular flexibility index (Phi) is 7.69. The second kappa shape index (κ2) is 11.3. The molecule has 0 aliphatic rings. The highest BCUT2D eigenvalue weighted by Crippen LogP contribution is 2.38. The Labute approximate surface area is 225 Å². The van der Waals surface area contributed by atoms with Gasteiger partial charge in [0, 0.05) is 41.1 Å². The number of carbonyl (C=O) groups excluding carboxylic acids is 1. The van der Waals surface area contributed by atoms with E-state index in [9.17, 15) is 4.79 Å². The molecule has 3 aromatic carbocycles. The first kappa shape index (κ1) is 25.8. The summed E-state index contributed by atoms with van der Waals surface area (Å²) in [6, 6.07) is 24.5. The number of nitrogens with zero attached hydrogens (tertiary/aromatic N) is 2. The summed E-state index contributed by atoms with van der Waals surface area (Å²) in [7, 11) is 2.00. The molecule has 2 heterocycles. The zero-order valence-corrected chi connectivity index (χ0v) is 23.1. The smallest absolute Gasteiger partial charge is 0.344 e. The Hall–Kier alpha value is -3.79. The predicted octanol–water partition coefficient (Wildman–Crippen LogP) is 9.00. The van der Waals surface area contributed by atoms with Gasteiger partial charge < -0.3 is 13.9 Å². The van der Waals surface area contributed by atoms with E-state index in [1.54, 1.807) is 0 Å². The van der Waals surface area contributed by atoms with Gasteiger partial charge in [-0.15, -0.1) is 0 Å². The lowest BCUT2D eigenvalue weighted by Gasteiger charge is -2.12. The maximum Gasteiger partial charge on any atom is 0.344 e. The highest BCUT2D eigenvalue weighted by molar-refractivity contribution is 6.06. The second-order valence-corrected chi connectivity index (χ2v) is 10.3. The van der Waals surface area contributed by atoms with E-state index in [1.165, 1.54) is 48.7 Å². The largest absolute Gasteiger partial charge is 0.420 e. The number of unbranched alkanes of at least 4 members (excludes halogenated alkanes) is 5. The number of ether oxygens (including phenoxy) is 1. The first-order valence-corrected chi connectivity index (χ1v) is 14.0. The molecule has 4 nitrogen and oxygen atoms in total. The van der Waals surface area contributed by atoms with Crippen LogP contribution in [0.2, 0.25) is 0 Å². The molecule has 0 spiro atoms. The maximum atomic E-state index is 13.7. The molecule has 2 aromatic heterocycles. The van der Waals surface area contributed by atoms with Crippen LogP contribution in [0.5, 0.6) is 5.75 Å². The first-order chi connectivity index (χ1) is 18.5. The molecule has 0 bridgehead atoms. The van der Waals surface area contributed by atoms with Crippen molar-refractivity contribution in [3.8, 4) is 16.9 Å². The van der Waals surface area contributed by atoms with Gasteiger partial charge in [-0.25, -0.2) is 4.79 Å². The van der Waals surface area contributed by atoms with Crippen molar-refractivity contribution in [2.45, 2.75) is 65.8 Å². The third-order valence-corrected chi connectivity index (χ3v) is 7.92. The SMILES string of the molecule is CCCCCCCCn1c(C)c(-c2ccccc2C(=O)Oc2c(C)n(C)c3ccccc23)c2ccccc21. The highest BCUT2D eigenvalue weighted by Gasteiger charge is 2.23. The van der Waals surface area contributed by atoms with Crippen molar-refractivity contribution in [3.05, 3.63) is 89.7 Å². The number of aryl methyl sites for hydroxylation is 2. The van der Waals surface area contributed by atoms with Gasteiger partial charge in [-0.3, -0.25) is 0 Å². The van der Waals surface area contributed by atoms with Gasteiger partial charge in [-0.1, -0.05) is 87.6 Å². The molecule has 0 unspecified atom stereocenters. The second-order valence-electron chi connectivity index (χ2n) is 10.3. The van der Waals surface area contributed by atoms with Gasteiger partial charge in [0.15, 0.2) is 5.75 Å². The van der Waals surface area contributed by atoms with E-state index in [0.717, 1.165) is 40.7 Å². The molecule has 0 aliphatic carbocycles. The standard InChI is InChI=1S/C34H38N2O2/c1-5-6-7-8-9-16-23-36-24(2)32(28-19-12-15-22-31(28)36)26-17-10-11-18-27(26)34(37)38-33-25(3)35(4)30-21-14-13-20-29(30)33/h10-15,17-22H,5-9,16,23H2,1-4H3. The van der Waals surface area contributed by atoms with E-state index < -0.39 is 0 Å². The zero-order chi connectivity index (χ0) is 26.6. The molecule has 0 atom stereocenters. The Morgan fingerprint density at radius 3 is 2.16 bits per heavy atom. The van der Waals surface area contributed by atoms with Gasteiger partial charge in [0.2, 0.25) is 0 Å². The van der Waals surface area contributed by atoms with Crippen molar-refractivity contribution in [3.63, 3.8) is 0 Å². The van der Waals surface area contributed by atoms with Gasteiger partial charge in [-0.2, -0.15) is 0 Å². The molecular weight excluding hydrogens is 468 g/mol. The Morgan fingerprint density at radius 1 is 0.737 bits per heavy atom. The summed E-state index contributed by atoms with van der Waals surface area (Å²) >= 11 is 0. The molecule has 0 fully saturated rings. The molecule has 0 radical (unpaired) electrons. The molecule has 0 aliphatic heterocycles. The van der Waals surface area contributed by atoms with E-state index in [2.05, 4.69) is 59.4 Å². The summed E-state index contributed by atoms with van der Waals surface area (Å²) in [5.74, 6) is 0.303. The van der Waals surface area contributed by atoms with Crippen LogP contribution < -0.4 is 4.74 Å². The predicted molar refractivity (Wildman–Crippen MR) is 158 cm³/mol. The number of hydrogen-bond acceptors (Lipinski definition) is 2. The van der Waals surface area contributed by atoms with Gasteiger partial charge in [0.25, 0.3) is 0 Å². The summed E-state index contributed by atoms with van der Waals surface area (Å²) in [5, 5.41) is 2.13. The van der Waals surface area contributed by atoms with Crippen molar-refractivity contribution in [2.24, 2.45) is 7.05 Å². The Bertz CT molecular complexity index is 1590. The van der Waals surface area contributed by atoms with E-state index in [1.807, 2.05) is 50.4 Å². The van der Waals surface area contributed by atoms with Crippen LogP contribution in [-0.4, -0.2) is 15.1 Å². The van der Waals surface area contributed by atoms with Crippen molar-refractivity contribution in [2.75, 3.05) is 0 Å². The molecule has 38 heavy (non-hydrogen) atoms. The van der Waals surface area contributed by atoms with Crippen molar-refractivity contribution in [1.82, 2.24) is 9.13 Å². The van der Waals surface area contributed by atoms with E-state index in [-0.39, 0.29) is 5.97 Å². The van der Waals surface area contributed by atoms with Crippen LogP contribution in [-0.2, 0) is 13.6 Å². The van der Waals surface area contributed by atoms with Gasteiger partial charge >= 0.3 is 5.97 Å². The summed E-state index contributed by atoms with van der Waals surface area (Å²) in [4.78, 5) is 13.7. The van der Waals surface area contributed by atoms with Crippen LogP contribution in [0.4, 0.5) is 0 Å². The number of aromatic nitrogens is 2. The van der Waals surface area contributed by atoms with Crippen LogP contribution in [0.1, 0.15) is 67.2 Å². The number of para-hydroxylation sites is 2. The van der Waals surface area contributed by atoms with Crippen molar-refractivity contribution in [1.29, 1.82) is 0 Å². The van der Waals surface area contributed by atoms with Gasteiger partial charge in [0.05, 0.1) is 16.8 Å². The van der Waals surface area contributed by atoms with E-state index in [0.29, 0.717) is 11.3 Å². The first-order valence-electron chi connectivity index (χ1n) is 14.0. The summed E-state index contributed by atoms with van der Waals surface area (Å²) in [5.41, 5.74) is 7.03. The van der Waals surface area contributed by atoms with Gasteiger partial charge in [-0.05, 0) is 50.1 Å². The fourth-order valence-corrected chi connectivity index (χ4v) is 5.75. The number of esters is 1. The summed E-state index contributed by atoms with van der Waals surface area (Å²) in [6.07, 6.45) is 7.61. The minimum atomic E-state index is -0.327. The van der Waals surface area contributed by atoms with E-state index >= 15 is 0 Å². The van der Waals surface area contributed by atoms with Crippen molar-refractivity contribution < 1.29 is 9.53 Å². The third kappa shape index (κ3) is 4.76. The lowest BCUT2D eigenvalue weighted by molar-refractivity contribution is 0.0736. The normalized spacial score (nSPS) is 11.5. The summed E-state index contributed by atoms with van der Waals surface area (Å²) < 4.78 is 10.6. The molecule has 196 valence electrons.